The van der Waals surface area contributed by atoms with Crippen LogP contribution in [0, 0.1) is 6.92 Å². The van der Waals surface area contributed by atoms with Gasteiger partial charge in [-0.15, -0.1) is 24.5 Å². The Morgan fingerprint density at radius 1 is 1.12 bits per heavy atom. The summed E-state index contributed by atoms with van der Waals surface area (Å²) in [5.74, 6) is -1.63. The minimum absolute atomic E-state index is 0.245. The summed E-state index contributed by atoms with van der Waals surface area (Å²) < 4.78 is 45.0. The fourth-order valence-electron chi connectivity index (χ4n) is 1.80. The highest BCUT2D eigenvalue weighted by Crippen LogP contribution is 2.24. The van der Waals surface area contributed by atoms with Crippen molar-refractivity contribution in [2.45, 2.75) is 26.3 Å². The minimum Gasteiger partial charge on any atom is -0.448 e. The van der Waals surface area contributed by atoms with Crippen LogP contribution in [0.2, 0.25) is 0 Å². The summed E-state index contributed by atoms with van der Waals surface area (Å²) in [6.45, 7) is 3.23. The number of halogens is 3. The van der Waals surface area contributed by atoms with Crippen molar-refractivity contribution in [1.82, 2.24) is 0 Å². The van der Waals surface area contributed by atoms with Gasteiger partial charge in [0.2, 0.25) is 0 Å². The van der Waals surface area contributed by atoms with E-state index in [4.69, 9.17) is 4.74 Å². The molecule has 2 rings (SSSR count). The second-order valence-electron chi connectivity index (χ2n) is 5.02. The monoisotopic (exact) mass is 373 g/mol. The Morgan fingerprint density at radius 2 is 1.76 bits per heavy atom. The average Bonchev–Trinajstić information content (AvgIpc) is 2.94. The van der Waals surface area contributed by atoms with E-state index < -0.39 is 30.1 Å². The van der Waals surface area contributed by atoms with Crippen molar-refractivity contribution in [2.75, 3.05) is 5.32 Å². The van der Waals surface area contributed by atoms with Crippen molar-refractivity contribution in [3.8, 4) is 5.75 Å². The Balaban J connectivity index is 1.91. The largest absolute Gasteiger partial charge is 0.573 e. The molecule has 0 saturated heterocycles. The number of carbonyl (C=O) groups excluding carboxylic acids is 2. The lowest BCUT2D eigenvalue weighted by Crippen LogP contribution is -2.29. The summed E-state index contributed by atoms with van der Waals surface area (Å²) in [6.07, 6.45) is -5.85. The van der Waals surface area contributed by atoms with Crippen LogP contribution in [0.1, 0.15) is 21.5 Å². The van der Waals surface area contributed by atoms with Gasteiger partial charge in [-0.25, -0.2) is 4.79 Å². The maximum Gasteiger partial charge on any atom is 0.573 e. The van der Waals surface area contributed by atoms with Gasteiger partial charge >= 0.3 is 12.3 Å². The number of carbonyl (C=O) groups is 2. The van der Waals surface area contributed by atoms with Gasteiger partial charge in [-0.1, -0.05) is 0 Å². The van der Waals surface area contributed by atoms with Gasteiger partial charge in [0.15, 0.2) is 6.10 Å². The molecule has 1 atom stereocenters. The van der Waals surface area contributed by atoms with Crippen LogP contribution in [-0.4, -0.2) is 24.3 Å². The number of alkyl halides is 3. The summed E-state index contributed by atoms with van der Waals surface area (Å²) in [6, 6.07) is 7.98. The first-order valence-electron chi connectivity index (χ1n) is 7.08. The number of benzene rings is 1. The molecule has 1 unspecified atom stereocenters. The number of anilines is 1. The number of ether oxygens (including phenoxy) is 2. The van der Waals surface area contributed by atoms with Crippen molar-refractivity contribution in [3.63, 3.8) is 0 Å². The molecule has 134 valence electrons. The highest BCUT2D eigenvalue weighted by molar-refractivity contribution is 7.13. The normalized spacial score (nSPS) is 12.4. The lowest BCUT2D eigenvalue weighted by atomic mass is 10.3. The van der Waals surface area contributed by atoms with Crippen LogP contribution in [0.3, 0.4) is 0 Å². The number of aryl methyl sites for hydroxylation is 1. The van der Waals surface area contributed by atoms with Gasteiger partial charge in [-0.05, 0) is 50.2 Å². The molecule has 0 bridgehead atoms. The zero-order valence-corrected chi connectivity index (χ0v) is 14.0. The molecule has 1 N–H and O–H groups in total. The van der Waals surface area contributed by atoms with Gasteiger partial charge < -0.3 is 14.8 Å². The molecule has 5 nitrogen and oxygen atoms in total. The summed E-state index contributed by atoms with van der Waals surface area (Å²) in [5.41, 5.74) is 0.245. The third kappa shape index (κ3) is 5.79. The van der Waals surface area contributed by atoms with E-state index in [-0.39, 0.29) is 5.69 Å². The van der Waals surface area contributed by atoms with Crippen LogP contribution in [0.15, 0.2) is 36.4 Å². The zero-order valence-electron chi connectivity index (χ0n) is 13.2. The number of amides is 1. The molecule has 1 aromatic carbocycles. The predicted octanol–water partition coefficient (Wildman–Crippen LogP) is 4.14. The van der Waals surface area contributed by atoms with Crippen LogP contribution in [0.5, 0.6) is 5.75 Å². The third-order valence-electron chi connectivity index (χ3n) is 2.95. The summed E-state index contributed by atoms with van der Waals surface area (Å²) in [4.78, 5) is 25.2. The van der Waals surface area contributed by atoms with Gasteiger partial charge in [0, 0.05) is 10.6 Å². The molecule has 0 spiro atoms. The van der Waals surface area contributed by atoms with Crippen molar-refractivity contribution in [1.29, 1.82) is 0 Å². The van der Waals surface area contributed by atoms with Crippen LogP contribution < -0.4 is 10.1 Å². The Labute approximate surface area is 145 Å². The quantitative estimate of drug-likeness (QED) is 0.800. The highest BCUT2D eigenvalue weighted by atomic mass is 32.1. The van der Waals surface area contributed by atoms with Gasteiger partial charge in [0.1, 0.15) is 10.6 Å². The first-order chi connectivity index (χ1) is 11.6. The first kappa shape index (κ1) is 18.8. The van der Waals surface area contributed by atoms with Crippen LogP contribution in [0.25, 0.3) is 0 Å². The molecule has 9 heteroatoms. The van der Waals surface area contributed by atoms with Crippen molar-refractivity contribution in [3.05, 3.63) is 46.2 Å². The van der Waals surface area contributed by atoms with E-state index in [0.29, 0.717) is 4.88 Å². The van der Waals surface area contributed by atoms with Crippen LogP contribution >= 0.6 is 11.3 Å². The number of thiophene rings is 1. The van der Waals surface area contributed by atoms with Crippen molar-refractivity contribution in [2.24, 2.45) is 0 Å². The first-order valence-corrected chi connectivity index (χ1v) is 7.90. The van der Waals surface area contributed by atoms with Gasteiger partial charge in [-0.3, -0.25) is 4.79 Å². The van der Waals surface area contributed by atoms with E-state index in [9.17, 15) is 22.8 Å². The SMILES string of the molecule is Cc1ccc(C(=O)OC(C)C(=O)Nc2ccc(OC(F)(F)F)cc2)s1. The number of hydrogen-bond donors (Lipinski definition) is 1. The van der Waals surface area contributed by atoms with Crippen molar-refractivity contribution >= 4 is 28.9 Å². The van der Waals surface area contributed by atoms with Gasteiger partial charge in [0.05, 0.1) is 0 Å². The molecule has 2 aromatic rings. The summed E-state index contributed by atoms with van der Waals surface area (Å²) >= 11 is 1.25. The van der Waals surface area contributed by atoms with E-state index in [2.05, 4.69) is 10.1 Å². The van der Waals surface area contributed by atoms with E-state index in [1.807, 2.05) is 6.92 Å². The number of rotatable bonds is 5. The standard InChI is InChI=1S/C16H14F3NO4S/c1-9-3-8-13(25-9)15(22)23-10(2)14(21)20-11-4-6-12(7-5-11)24-16(17,18)19/h3-8,10H,1-2H3,(H,20,21). The average molecular weight is 373 g/mol. The van der Waals surface area contributed by atoms with Gasteiger partial charge in [-0.2, -0.15) is 0 Å². The van der Waals surface area contributed by atoms with E-state index >= 15 is 0 Å². The molecule has 0 aliphatic rings. The second kappa shape index (κ2) is 7.56. The maximum absolute atomic E-state index is 12.1. The van der Waals surface area contributed by atoms with E-state index in [1.54, 1.807) is 12.1 Å². The van der Waals surface area contributed by atoms with Crippen LogP contribution in [-0.2, 0) is 9.53 Å². The molecule has 1 heterocycles. The molecule has 1 amide bonds. The molecule has 0 aliphatic carbocycles. The number of hydrogen-bond acceptors (Lipinski definition) is 5. The minimum atomic E-state index is -4.78. The fourth-order valence-corrected chi connectivity index (χ4v) is 2.55. The van der Waals surface area contributed by atoms with Crippen molar-refractivity contribution < 1.29 is 32.2 Å². The molecule has 0 radical (unpaired) electrons. The molecule has 0 aliphatic heterocycles. The molecule has 0 saturated carbocycles. The Hall–Kier alpha value is -2.55. The second-order valence-corrected chi connectivity index (χ2v) is 6.31. The predicted molar refractivity (Wildman–Crippen MR) is 85.7 cm³/mol. The maximum atomic E-state index is 12.1. The smallest absolute Gasteiger partial charge is 0.448 e. The highest BCUT2D eigenvalue weighted by Gasteiger charge is 2.31. The lowest BCUT2D eigenvalue weighted by Gasteiger charge is -2.13. The third-order valence-corrected chi connectivity index (χ3v) is 3.93. The fraction of sp³-hybridized carbons (Fsp3) is 0.250. The molecule has 0 fully saturated rings. The topological polar surface area (TPSA) is 64.6 Å². The molecular weight excluding hydrogens is 359 g/mol. The Morgan fingerprint density at radius 3 is 2.28 bits per heavy atom. The molecular formula is C16H14F3NO4S. The number of esters is 1. The van der Waals surface area contributed by atoms with E-state index in [1.165, 1.54) is 30.4 Å². The summed E-state index contributed by atoms with van der Waals surface area (Å²) in [5, 5.41) is 2.44. The zero-order chi connectivity index (χ0) is 18.6. The Bertz CT molecular complexity index is 755. The lowest BCUT2D eigenvalue weighted by molar-refractivity contribution is -0.274. The molecule has 1 aromatic heterocycles. The molecule has 25 heavy (non-hydrogen) atoms. The van der Waals surface area contributed by atoms with E-state index in [0.717, 1.165) is 17.0 Å². The number of nitrogens with one attached hydrogen (secondary N) is 1. The van der Waals surface area contributed by atoms with Crippen LogP contribution in [0.4, 0.5) is 18.9 Å². The summed E-state index contributed by atoms with van der Waals surface area (Å²) in [7, 11) is 0. The Kier molecular flexibility index (Phi) is 5.68. The van der Waals surface area contributed by atoms with Gasteiger partial charge in [0.25, 0.3) is 5.91 Å².